The summed E-state index contributed by atoms with van der Waals surface area (Å²) in [5.74, 6) is 6.73. The molecule has 1 aromatic heterocycles. The van der Waals surface area contributed by atoms with Crippen molar-refractivity contribution < 1.29 is 4.39 Å². The Bertz CT molecular complexity index is 1060. The molecule has 0 saturated carbocycles. The van der Waals surface area contributed by atoms with Gasteiger partial charge in [0.2, 0.25) is 0 Å². The summed E-state index contributed by atoms with van der Waals surface area (Å²) in [4.78, 5) is 12.2. The molecule has 5 nitrogen and oxygen atoms in total. The third-order valence-corrected chi connectivity index (χ3v) is 5.56. The molecule has 4 rings (SSSR count). The highest BCUT2D eigenvalue weighted by atomic mass is 19.1. The minimum atomic E-state index is -0.487. The van der Waals surface area contributed by atoms with Crippen LogP contribution in [0.3, 0.4) is 0 Å². The summed E-state index contributed by atoms with van der Waals surface area (Å²) in [7, 11) is 0. The molecule has 1 aromatic carbocycles. The lowest BCUT2D eigenvalue weighted by Crippen LogP contribution is -2.58. The number of hydrogen-bond donors (Lipinski definition) is 0. The van der Waals surface area contributed by atoms with Crippen LogP contribution in [0.5, 0.6) is 0 Å². The number of nitrogens with zero attached hydrogens (tertiary/aromatic N) is 5. The number of nitriles is 1. The number of anilines is 1. The van der Waals surface area contributed by atoms with E-state index in [1.807, 2.05) is 18.2 Å². The highest BCUT2D eigenvalue weighted by Crippen LogP contribution is 2.29. The minimum absolute atomic E-state index is 0.184. The molecular weight excluding hydrogens is 365 g/mol. The van der Waals surface area contributed by atoms with Gasteiger partial charge in [-0.3, -0.25) is 4.90 Å². The number of rotatable bonds is 1. The first kappa shape index (κ1) is 18.9. The van der Waals surface area contributed by atoms with Crippen molar-refractivity contribution in [3.63, 3.8) is 0 Å². The molecule has 0 bridgehead atoms. The fourth-order valence-corrected chi connectivity index (χ4v) is 4.18. The van der Waals surface area contributed by atoms with Gasteiger partial charge in [-0.2, -0.15) is 5.26 Å². The van der Waals surface area contributed by atoms with Crippen LogP contribution in [0.1, 0.15) is 30.4 Å². The molecule has 29 heavy (non-hydrogen) atoms. The van der Waals surface area contributed by atoms with Gasteiger partial charge in [0.15, 0.2) is 5.69 Å². The zero-order valence-electron chi connectivity index (χ0n) is 16.0. The summed E-state index contributed by atoms with van der Waals surface area (Å²) in [5, 5.41) is 9.33. The fraction of sp³-hybridized carbons (Fsp3) is 0.348. The highest BCUT2D eigenvalue weighted by Gasteiger charge is 2.35. The van der Waals surface area contributed by atoms with Crippen LogP contribution in [-0.4, -0.2) is 41.6 Å². The molecule has 0 amide bonds. The Balaban J connectivity index is 1.50. The van der Waals surface area contributed by atoms with Crippen molar-refractivity contribution in [1.29, 1.82) is 5.26 Å². The van der Waals surface area contributed by atoms with Gasteiger partial charge in [-0.05, 0) is 37.5 Å². The van der Waals surface area contributed by atoms with Crippen molar-refractivity contribution in [2.45, 2.75) is 31.3 Å². The molecule has 0 aliphatic carbocycles. The summed E-state index contributed by atoms with van der Waals surface area (Å²) in [6.45, 7) is 9.46. The maximum Gasteiger partial charge on any atom is 0.188 e. The molecule has 2 fully saturated rings. The highest BCUT2D eigenvalue weighted by molar-refractivity contribution is 5.54. The van der Waals surface area contributed by atoms with E-state index in [0.717, 1.165) is 44.5 Å². The zero-order valence-corrected chi connectivity index (χ0v) is 16.0. The van der Waals surface area contributed by atoms with Crippen LogP contribution >= 0.6 is 0 Å². The second-order valence-electron chi connectivity index (χ2n) is 7.35. The molecular formula is C23H20FN5. The van der Waals surface area contributed by atoms with Gasteiger partial charge in [0.1, 0.15) is 17.7 Å². The molecule has 2 saturated heterocycles. The van der Waals surface area contributed by atoms with E-state index >= 15 is 0 Å². The van der Waals surface area contributed by atoms with Gasteiger partial charge in [0.05, 0.1) is 24.4 Å². The second-order valence-corrected chi connectivity index (χ2v) is 7.35. The molecule has 0 N–H and O–H groups in total. The summed E-state index contributed by atoms with van der Waals surface area (Å²) in [5.41, 5.74) is 1.76. The Labute approximate surface area is 170 Å². The van der Waals surface area contributed by atoms with Crippen LogP contribution in [0.25, 0.3) is 4.85 Å². The Morgan fingerprint density at radius 2 is 2.14 bits per heavy atom. The van der Waals surface area contributed by atoms with E-state index in [1.165, 1.54) is 12.3 Å². The second kappa shape index (κ2) is 8.31. The number of benzene rings is 1. The number of halogens is 1. The number of pyridine rings is 1. The molecule has 3 heterocycles. The molecule has 0 radical (unpaired) electrons. The van der Waals surface area contributed by atoms with E-state index in [0.29, 0.717) is 17.5 Å². The van der Waals surface area contributed by atoms with Crippen molar-refractivity contribution in [2.75, 3.05) is 24.5 Å². The van der Waals surface area contributed by atoms with E-state index in [2.05, 4.69) is 37.5 Å². The molecule has 6 heteroatoms. The smallest absolute Gasteiger partial charge is 0.188 e. The molecule has 2 atom stereocenters. The first-order chi connectivity index (χ1) is 14.2. The average Bonchev–Trinajstić information content (AvgIpc) is 2.77. The number of fused-ring (bicyclic) bond motifs is 1. The lowest BCUT2D eigenvalue weighted by Gasteiger charge is -2.47. The molecule has 2 aliphatic heterocycles. The van der Waals surface area contributed by atoms with E-state index in [-0.39, 0.29) is 11.6 Å². The molecule has 0 unspecified atom stereocenters. The lowest BCUT2D eigenvalue weighted by atomic mass is 9.93. The van der Waals surface area contributed by atoms with Crippen molar-refractivity contribution in [1.82, 2.24) is 9.88 Å². The van der Waals surface area contributed by atoms with E-state index < -0.39 is 5.82 Å². The Kier molecular flexibility index (Phi) is 5.43. The number of piperidine rings is 1. The zero-order chi connectivity index (χ0) is 20.2. The van der Waals surface area contributed by atoms with Gasteiger partial charge in [0, 0.05) is 31.2 Å². The minimum Gasteiger partial charge on any atom is -0.353 e. The van der Waals surface area contributed by atoms with E-state index in [4.69, 9.17) is 6.57 Å². The summed E-state index contributed by atoms with van der Waals surface area (Å²) in [6.07, 6.45) is 4.38. The molecule has 2 aliphatic rings. The largest absolute Gasteiger partial charge is 0.353 e. The monoisotopic (exact) mass is 385 g/mol. The Morgan fingerprint density at radius 3 is 2.97 bits per heavy atom. The number of aromatic nitrogens is 1. The van der Waals surface area contributed by atoms with Crippen LogP contribution in [0, 0.1) is 35.6 Å². The first-order valence-corrected chi connectivity index (χ1v) is 9.73. The average molecular weight is 385 g/mol. The van der Waals surface area contributed by atoms with Crippen LogP contribution in [0.4, 0.5) is 15.9 Å². The first-order valence-electron chi connectivity index (χ1n) is 9.73. The lowest BCUT2D eigenvalue weighted by molar-refractivity contribution is 0.100. The van der Waals surface area contributed by atoms with Crippen molar-refractivity contribution >= 4 is 11.5 Å². The maximum absolute atomic E-state index is 13.4. The van der Waals surface area contributed by atoms with Gasteiger partial charge < -0.3 is 4.90 Å². The summed E-state index contributed by atoms with van der Waals surface area (Å²) >= 11 is 0. The van der Waals surface area contributed by atoms with Gasteiger partial charge >= 0.3 is 0 Å². The van der Waals surface area contributed by atoms with E-state index in [1.54, 1.807) is 6.07 Å². The maximum atomic E-state index is 13.4. The molecule has 0 spiro atoms. The molecule has 144 valence electrons. The van der Waals surface area contributed by atoms with Crippen LogP contribution in [0.15, 0.2) is 36.5 Å². The van der Waals surface area contributed by atoms with Gasteiger partial charge in [-0.1, -0.05) is 24.0 Å². The number of piperazine rings is 1. The molecule has 2 aromatic rings. The summed E-state index contributed by atoms with van der Waals surface area (Å²) in [6, 6.07) is 11.2. The van der Waals surface area contributed by atoms with E-state index in [9.17, 15) is 9.65 Å². The number of hydrogen-bond acceptors (Lipinski definition) is 4. The van der Waals surface area contributed by atoms with Crippen molar-refractivity contribution in [3.05, 3.63) is 64.9 Å². The fourth-order valence-electron chi connectivity index (χ4n) is 4.18. The van der Waals surface area contributed by atoms with Gasteiger partial charge in [0.25, 0.3) is 0 Å². The third kappa shape index (κ3) is 4.06. The quantitative estimate of drug-likeness (QED) is 0.554. The van der Waals surface area contributed by atoms with Crippen LogP contribution in [-0.2, 0) is 0 Å². The Hall–Kier alpha value is -3.40. The standard InChI is InChI=1S/C23H20FN5/c1-26-20-5-2-4-17(12-20)8-9-21-6-3-7-22-16-28(10-11-29(21)22)23-18(14-25)13-19(24)15-27-23/h2,4-5,12-13,15,21-22H,3,6-7,10-11,16H2/t21-,22+/m1/s1. The van der Waals surface area contributed by atoms with Crippen molar-refractivity contribution in [3.8, 4) is 17.9 Å². The Morgan fingerprint density at radius 1 is 1.24 bits per heavy atom. The third-order valence-electron chi connectivity index (χ3n) is 5.56. The van der Waals surface area contributed by atoms with Gasteiger partial charge in [-0.25, -0.2) is 14.2 Å². The normalized spacial score (nSPS) is 21.3. The van der Waals surface area contributed by atoms with Crippen LogP contribution in [0.2, 0.25) is 0 Å². The van der Waals surface area contributed by atoms with Crippen LogP contribution < -0.4 is 4.90 Å². The predicted molar refractivity (Wildman–Crippen MR) is 109 cm³/mol. The SMILES string of the molecule is [C-]#[N+]c1cccc(C#C[C@H]2CCC[C@H]3CN(c4ncc(F)cc4C#N)CCN32)c1. The van der Waals surface area contributed by atoms with Crippen molar-refractivity contribution in [2.24, 2.45) is 0 Å². The topological polar surface area (TPSA) is 47.5 Å². The van der Waals surface area contributed by atoms with Gasteiger partial charge in [-0.15, -0.1) is 0 Å². The summed E-state index contributed by atoms with van der Waals surface area (Å²) < 4.78 is 13.4. The predicted octanol–water partition coefficient (Wildman–Crippen LogP) is 3.74.